The van der Waals surface area contributed by atoms with E-state index in [0.29, 0.717) is 22.7 Å². The third-order valence-electron chi connectivity index (χ3n) is 3.32. The first-order valence-corrected chi connectivity index (χ1v) is 7.55. The maximum atomic E-state index is 12.2. The van der Waals surface area contributed by atoms with Gasteiger partial charge in [0, 0.05) is 29.4 Å². The van der Waals surface area contributed by atoms with E-state index < -0.39 is 11.9 Å². The molecule has 2 aromatic rings. The van der Waals surface area contributed by atoms with Gasteiger partial charge in [0.1, 0.15) is 5.75 Å². The Balaban J connectivity index is 1.95. The molecule has 7 nitrogen and oxygen atoms in total. The van der Waals surface area contributed by atoms with E-state index in [1.54, 1.807) is 55.6 Å². The van der Waals surface area contributed by atoms with E-state index in [9.17, 15) is 14.4 Å². The number of anilines is 2. The van der Waals surface area contributed by atoms with E-state index in [1.807, 2.05) is 0 Å². The lowest BCUT2D eigenvalue weighted by atomic mass is 10.2. The van der Waals surface area contributed by atoms with Crippen molar-refractivity contribution >= 4 is 29.2 Å². The average Bonchev–Trinajstić information content (AvgIpc) is 2.60. The topological polar surface area (TPSA) is 105 Å². The van der Waals surface area contributed by atoms with Gasteiger partial charge in [-0.2, -0.15) is 0 Å². The zero-order chi connectivity index (χ0) is 18.2. The number of rotatable bonds is 7. The van der Waals surface area contributed by atoms with Gasteiger partial charge in [-0.05, 0) is 36.4 Å². The summed E-state index contributed by atoms with van der Waals surface area (Å²) in [6, 6.07) is 13.3. The molecule has 0 unspecified atom stereocenters. The molecular formula is C18H18N2O5. The van der Waals surface area contributed by atoms with Crippen LogP contribution in [0.4, 0.5) is 11.4 Å². The maximum absolute atomic E-state index is 12.2. The Bertz CT molecular complexity index is 771. The highest BCUT2D eigenvalue weighted by Gasteiger charge is 2.09. The van der Waals surface area contributed by atoms with Crippen LogP contribution < -0.4 is 15.4 Å². The number of carboxylic acid groups (broad SMARTS) is 1. The first-order chi connectivity index (χ1) is 12.0. The highest BCUT2D eigenvalue weighted by molar-refractivity contribution is 6.04. The molecule has 130 valence electrons. The number of methoxy groups -OCH3 is 1. The van der Waals surface area contributed by atoms with Crippen LogP contribution >= 0.6 is 0 Å². The van der Waals surface area contributed by atoms with Crippen molar-refractivity contribution in [3.8, 4) is 5.75 Å². The van der Waals surface area contributed by atoms with Crippen LogP contribution in [-0.4, -0.2) is 30.0 Å². The molecule has 0 fully saturated rings. The van der Waals surface area contributed by atoms with Gasteiger partial charge in [-0.25, -0.2) is 0 Å². The van der Waals surface area contributed by atoms with Crippen LogP contribution in [0.5, 0.6) is 5.75 Å². The molecule has 2 amide bonds. The quantitative estimate of drug-likeness (QED) is 0.717. The molecule has 0 atom stereocenters. The zero-order valence-corrected chi connectivity index (χ0v) is 13.6. The lowest BCUT2D eigenvalue weighted by molar-refractivity contribution is -0.138. The van der Waals surface area contributed by atoms with Gasteiger partial charge in [0.2, 0.25) is 5.91 Å². The van der Waals surface area contributed by atoms with Crippen molar-refractivity contribution in [1.82, 2.24) is 0 Å². The largest absolute Gasteiger partial charge is 0.497 e. The second kappa shape index (κ2) is 8.49. The molecule has 0 aliphatic rings. The number of carbonyl (C=O) groups excluding carboxylic acids is 2. The van der Waals surface area contributed by atoms with Crippen molar-refractivity contribution in [2.75, 3.05) is 17.7 Å². The predicted octanol–water partition coefficient (Wildman–Crippen LogP) is 2.75. The number of hydrogen-bond acceptors (Lipinski definition) is 4. The monoisotopic (exact) mass is 342 g/mol. The minimum absolute atomic E-state index is 0.104. The second-order valence-electron chi connectivity index (χ2n) is 5.21. The van der Waals surface area contributed by atoms with Crippen LogP contribution in [0.1, 0.15) is 23.2 Å². The smallest absolute Gasteiger partial charge is 0.303 e. The van der Waals surface area contributed by atoms with Crippen molar-refractivity contribution in [2.24, 2.45) is 0 Å². The van der Waals surface area contributed by atoms with Crippen molar-refractivity contribution in [1.29, 1.82) is 0 Å². The lowest BCUT2D eigenvalue weighted by Gasteiger charge is -2.08. The summed E-state index contributed by atoms with van der Waals surface area (Å²) in [5.41, 5.74) is 1.52. The summed E-state index contributed by atoms with van der Waals surface area (Å²) >= 11 is 0. The first kappa shape index (κ1) is 18.0. The maximum Gasteiger partial charge on any atom is 0.303 e. The van der Waals surface area contributed by atoms with Crippen LogP contribution in [0.2, 0.25) is 0 Å². The van der Waals surface area contributed by atoms with Crippen molar-refractivity contribution < 1.29 is 24.2 Å². The Morgan fingerprint density at radius 1 is 0.960 bits per heavy atom. The highest BCUT2D eigenvalue weighted by Crippen LogP contribution is 2.18. The molecule has 25 heavy (non-hydrogen) atoms. The number of ether oxygens (including phenoxy) is 1. The number of hydrogen-bond donors (Lipinski definition) is 3. The molecule has 2 aromatic carbocycles. The van der Waals surface area contributed by atoms with E-state index in [1.165, 1.54) is 0 Å². The molecule has 0 aromatic heterocycles. The van der Waals surface area contributed by atoms with Gasteiger partial charge in [-0.3, -0.25) is 14.4 Å². The molecular weight excluding hydrogens is 324 g/mol. The van der Waals surface area contributed by atoms with Gasteiger partial charge in [0.25, 0.3) is 5.91 Å². The molecule has 0 bridgehead atoms. The third kappa shape index (κ3) is 5.65. The molecule has 2 rings (SSSR count). The third-order valence-corrected chi connectivity index (χ3v) is 3.32. The van der Waals surface area contributed by atoms with Gasteiger partial charge < -0.3 is 20.5 Å². The van der Waals surface area contributed by atoms with Crippen LogP contribution in [0.15, 0.2) is 48.5 Å². The summed E-state index contributed by atoms with van der Waals surface area (Å²) in [5.74, 6) is -1.08. The van der Waals surface area contributed by atoms with E-state index in [-0.39, 0.29) is 18.7 Å². The first-order valence-electron chi connectivity index (χ1n) is 7.55. The van der Waals surface area contributed by atoms with E-state index >= 15 is 0 Å². The minimum Gasteiger partial charge on any atom is -0.497 e. The summed E-state index contributed by atoms with van der Waals surface area (Å²) in [6.45, 7) is 0. The van der Waals surface area contributed by atoms with Crippen molar-refractivity contribution in [3.05, 3.63) is 54.1 Å². The fourth-order valence-corrected chi connectivity index (χ4v) is 2.05. The summed E-state index contributed by atoms with van der Waals surface area (Å²) < 4.78 is 5.10. The number of benzene rings is 2. The highest BCUT2D eigenvalue weighted by atomic mass is 16.5. The van der Waals surface area contributed by atoms with Gasteiger partial charge in [0.05, 0.1) is 13.5 Å². The number of carbonyl (C=O) groups is 3. The van der Waals surface area contributed by atoms with E-state index in [4.69, 9.17) is 9.84 Å². The summed E-state index contributed by atoms with van der Waals surface area (Å²) in [4.78, 5) is 34.2. The fourth-order valence-electron chi connectivity index (χ4n) is 2.05. The second-order valence-corrected chi connectivity index (χ2v) is 5.21. The van der Waals surface area contributed by atoms with E-state index in [0.717, 1.165) is 0 Å². The Hall–Kier alpha value is -3.35. The zero-order valence-electron chi connectivity index (χ0n) is 13.6. The van der Waals surface area contributed by atoms with E-state index in [2.05, 4.69) is 10.6 Å². The van der Waals surface area contributed by atoms with Gasteiger partial charge in [-0.1, -0.05) is 6.07 Å². The fraction of sp³-hybridized carbons (Fsp3) is 0.167. The Kier molecular flexibility index (Phi) is 6.11. The number of nitrogens with one attached hydrogen (secondary N) is 2. The van der Waals surface area contributed by atoms with Gasteiger partial charge >= 0.3 is 5.97 Å². The SMILES string of the molecule is COc1cccc(NC(=O)c2ccc(NC(=O)CCC(=O)O)cc2)c1. The molecule has 0 spiro atoms. The Morgan fingerprint density at radius 2 is 1.68 bits per heavy atom. The Labute approximate surface area is 144 Å². The predicted molar refractivity (Wildman–Crippen MR) is 92.9 cm³/mol. The van der Waals surface area contributed by atoms with Crippen molar-refractivity contribution in [3.63, 3.8) is 0 Å². The summed E-state index contributed by atoms with van der Waals surface area (Å²) in [7, 11) is 1.55. The standard InChI is InChI=1S/C18H18N2O5/c1-25-15-4-2-3-14(11-15)20-18(24)12-5-7-13(8-6-12)19-16(21)9-10-17(22)23/h2-8,11H,9-10H2,1H3,(H,19,21)(H,20,24)(H,22,23). The molecule has 0 saturated carbocycles. The van der Waals surface area contributed by atoms with Gasteiger partial charge in [-0.15, -0.1) is 0 Å². The Morgan fingerprint density at radius 3 is 2.32 bits per heavy atom. The summed E-state index contributed by atoms with van der Waals surface area (Å²) in [6.07, 6.45) is -0.333. The van der Waals surface area contributed by atoms with Crippen LogP contribution in [0, 0.1) is 0 Å². The van der Waals surface area contributed by atoms with Gasteiger partial charge in [0.15, 0.2) is 0 Å². The molecule has 3 N–H and O–H groups in total. The van der Waals surface area contributed by atoms with Crippen LogP contribution in [-0.2, 0) is 9.59 Å². The minimum atomic E-state index is -1.03. The molecule has 0 aliphatic heterocycles. The molecule has 0 heterocycles. The molecule has 0 aliphatic carbocycles. The average molecular weight is 342 g/mol. The van der Waals surface area contributed by atoms with Crippen LogP contribution in [0.3, 0.4) is 0 Å². The van der Waals surface area contributed by atoms with Crippen LogP contribution in [0.25, 0.3) is 0 Å². The molecule has 0 radical (unpaired) electrons. The normalized spacial score (nSPS) is 9.96. The summed E-state index contributed by atoms with van der Waals surface area (Å²) in [5, 5.41) is 13.9. The number of carboxylic acids is 1. The number of amides is 2. The lowest BCUT2D eigenvalue weighted by Crippen LogP contribution is -2.14. The molecule has 7 heteroatoms. The molecule has 0 saturated heterocycles. The van der Waals surface area contributed by atoms with Crippen molar-refractivity contribution in [2.45, 2.75) is 12.8 Å². The number of aliphatic carboxylic acids is 1.